The Bertz CT molecular complexity index is 841. The van der Waals surface area contributed by atoms with Crippen LogP contribution in [0.15, 0.2) is 48.5 Å². The molecule has 0 saturated carbocycles. The quantitative estimate of drug-likeness (QED) is 0.672. The highest BCUT2D eigenvalue weighted by molar-refractivity contribution is 6.30. The van der Waals surface area contributed by atoms with E-state index in [0.717, 1.165) is 5.56 Å². The second kappa shape index (κ2) is 9.37. The van der Waals surface area contributed by atoms with Crippen molar-refractivity contribution in [1.29, 1.82) is 0 Å². The molecule has 0 unspecified atom stereocenters. The molecule has 0 heterocycles. The van der Waals surface area contributed by atoms with Crippen molar-refractivity contribution in [3.63, 3.8) is 0 Å². The fraction of sp³-hybridized carbons (Fsp3) is 0.286. The molecule has 6 nitrogen and oxygen atoms in total. The molecule has 2 aromatic carbocycles. The molecule has 0 bridgehead atoms. The number of amides is 3. The summed E-state index contributed by atoms with van der Waals surface area (Å²) in [7, 11) is 0. The van der Waals surface area contributed by atoms with Gasteiger partial charge >= 0.3 is 0 Å². The van der Waals surface area contributed by atoms with Gasteiger partial charge in [-0.05, 0) is 47.4 Å². The molecule has 0 fully saturated rings. The first-order chi connectivity index (χ1) is 13.2. The van der Waals surface area contributed by atoms with Gasteiger partial charge in [-0.25, -0.2) is 0 Å². The summed E-state index contributed by atoms with van der Waals surface area (Å²) in [6.45, 7) is 6.42. The smallest absolute Gasteiger partial charge is 0.269 e. The summed E-state index contributed by atoms with van der Waals surface area (Å²) < 4.78 is 0. The summed E-state index contributed by atoms with van der Waals surface area (Å²) in [5, 5.41) is 3.17. The van der Waals surface area contributed by atoms with Crippen LogP contribution in [0.4, 0.5) is 0 Å². The molecule has 2 aromatic rings. The van der Waals surface area contributed by atoms with E-state index in [2.05, 4.69) is 36.9 Å². The number of hydrogen-bond donors (Lipinski definition) is 3. The highest BCUT2D eigenvalue weighted by Gasteiger charge is 2.14. The van der Waals surface area contributed by atoms with Crippen molar-refractivity contribution in [3.05, 3.63) is 70.2 Å². The van der Waals surface area contributed by atoms with Crippen molar-refractivity contribution in [2.24, 2.45) is 0 Å². The average Bonchev–Trinajstić information content (AvgIpc) is 2.66. The van der Waals surface area contributed by atoms with E-state index in [1.165, 1.54) is 0 Å². The molecule has 0 aliphatic carbocycles. The molecule has 0 spiro atoms. The van der Waals surface area contributed by atoms with Crippen LogP contribution in [0.25, 0.3) is 0 Å². The minimum absolute atomic E-state index is 0.000330. The van der Waals surface area contributed by atoms with Crippen LogP contribution in [0, 0.1) is 0 Å². The second-order valence-corrected chi connectivity index (χ2v) is 7.78. The molecule has 0 aliphatic rings. The Morgan fingerprint density at radius 3 is 1.93 bits per heavy atom. The molecule has 3 amide bonds. The van der Waals surface area contributed by atoms with Gasteiger partial charge in [0.15, 0.2) is 0 Å². The Morgan fingerprint density at radius 2 is 1.36 bits per heavy atom. The van der Waals surface area contributed by atoms with Crippen LogP contribution in [0.1, 0.15) is 53.5 Å². The Hall–Kier alpha value is -2.86. The Kier molecular flexibility index (Phi) is 7.18. The molecule has 3 N–H and O–H groups in total. The Labute approximate surface area is 169 Å². The number of rotatable bonds is 5. The zero-order valence-corrected chi connectivity index (χ0v) is 16.9. The van der Waals surface area contributed by atoms with E-state index in [-0.39, 0.29) is 24.3 Å². The fourth-order valence-electron chi connectivity index (χ4n) is 2.38. The molecule has 0 atom stereocenters. The van der Waals surface area contributed by atoms with E-state index < -0.39 is 11.8 Å². The van der Waals surface area contributed by atoms with Gasteiger partial charge in [0.1, 0.15) is 0 Å². The number of carbonyl (C=O) groups is 3. The normalized spacial score (nSPS) is 10.9. The number of carbonyl (C=O) groups excluding carboxylic acids is 3. The van der Waals surface area contributed by atoms with E-state index in [1.807, 2.05) is 12.1 Å². The van der Waals surface area contributed by atoms with Gasteiger partial charge in [-0.3, -0.25) is 25.2 Å². The van der Waals surface area contributed by atoms with Crippen LogP contribution >= 0.6 is 11.6 Å². The predicted octanol–water partition coefficient (Wildman–Crippen LogP) is 3.22. The lowest BCUT2D eigenvalue weighted by Gasteiger charge is -2.19. The monoisotopic (exact) mass is 401 g/mol. The number of halogens is 1. The molecule has 7 heteroatoms. The van der Waals surface area contributed by atoms with Gasteiger partial charge in [-0.2, -0.15) is 0 Å². The molecular weight excluding hydrogens is 378 g/mol. The summed E-state index contributed by atoms with van der Waals surface area (Å²) in [4.78, 5) is 35.9. The predicted molar refractivity (Wildman–Crippen MR) is 109 cm³/mol. The van der Waals surface area contributed by atoms with Crippen LogP contribution < -0.4 is 16.2 Å². The van der Waals surface area contributed by atoms with Gasteiger partial charge in [0.05, 0.1) is 0 Å². The van der Waals surface area contributed by atoms with Gasteiger partial charge in [-0.1, -0.05) is 44.5 Å². The maximum absolute atomic E-state index is 12.1. The van der Waals surface area contributed by atoms with Gasteiger partial charge in [0.2, 0.25) is 5.91 Å². The van der Waals surface area contributed by atoms with E-state index in [1.54, 1.807) is 36.4 Å². The maximum atomic E-state index is 12.1. The van der Waals surface area contributed by atoms with Crippen LogP contribution in [0.3, 0.4) is 0 Å². The SMILES string of the molecule is CC(C)(C)c1ccc(C(=O)NNC(=O)CCNC(=O)c2ccc(Cl)cc2)cc1. The highest BCUT2D eigenvalue weighted by Crippen LogP contribution is 2.22. The summed E-state index contributed by atoms with van der Waals surface area (Å²) in [5.41, 5.74) is 6.73. The maximum Gasteiger partial charge on any atom is 0.269 e. The first kappa shape index (κ1) is 21.4. The average molecular weight is 402 g/mol. The highest BCUT2D eigenvalue weighted by atomic mass is 35.5. The summed E-state index contributed by atoms with van der Waals surface area (Å²) in [6.07, 6.45) is 0.0303. The third-order valence-corrected chi connectivity index (χ3v) is 4.32. The van der Waals surface area contributed by atoms with Crippen LogP contribution in [0.2, 0.25) is 5.02 Å². The lowest BCUT2D eigenvalue weighted by Crippen LogP contribution is -2.42. The molecular formula is C21H24ClN3O3. The molecule has 0 saturated heterocycles. The van der Waals surface area contributed by atoms with Crippen molar-refractivity contribution in [2.75, 3.05) is 6.54 Å². The fourth-order valence-corrected chi connectivity index (χ4v) is 2.50. The van der Waals surface area contributed by atoms with E-state index >= 15 is 0 Å². The van der Waals surface area contributed by atoms with Gasteiger partial charge in [0, 0.05) is 29.1 Å². The van der Waals surface area contributed by atoms with Crippen molar-refractivity contribution in [1.82, 2.24) is 16.2 Å². The number of hydrazine groups is 1. The number of benzene rings is 2. The second-order valence-electron chi connectivity index (χ2n) is 7.34. The van der Waals surface area contributed by atoms with Gasteiger partial charge in [-0.15, -0.1) is 0 Å². The summed E-state index contributed by atoms with van der Waals surface area (Å²) in [6, 6.07) is 13.7. The van der Waals surface area contributed by atoms with Crippen LogP contribution in [0.5, 0.6) is 0 Å². The zero-order valence-electron chi connectivity index (χ0n) is 16.1. The van der Waals surface area contributed by atoms with E-state index in [9.17, 15) is 14.4 Å². The third-order valence-electron chi connectivity index (χ3n) is 4.07. The van der Waals surface area contributed by atoms with Gasteiger partial charge in [0.25, 0.3) is 11.8 Å². The minimum Gasteiger partial charge on any atom is -0.352 e. The minimum atomic E-state index is -0.406. The van der Waals surface area contributed by atoms with Crippen LogP contribution in [-0.2, 0) is 10.2 Å². The molecule has 28 heavy (non-hydrogen) atoms. The standard InChI is InChI=1S/C21H24ClN3O3/c1-21(2,3)16-8-4-15(5-9-16)20(28)25-24-18(26)12-13-23-19(27)14-6-10-17(22)11-7-14/h4-11H,12-13H2,1-3H3,(H,23,27)(H,24,26)(H,25,28). The molecule has 0 aromatic heterocycles. The van der Waals surface area contributed by atoms with Gasteiger partial charge < -0.3 is 5.32 Å². The lowest BCUT2D eigenvalue weighted by atomic mass is 9.87. The van der Waals surface area contributed by atoms with Crippen molar-refractivity contribution in [2.45, 2.75) is 32.6 Å². The summed E-state index contributed by atoms with van der Waals surface area (Å²) >= 11 is 5.78. The zero-order chi connectivity index (χ0) is 20.7. The molecule has 0 aliphatic heterocycles. The Morgan fingerprint density at radius 1 is 0.821 bits per heavy atom. The topological polar surface area (TPSA) is 87.3 Å². The first-order valence-corrected chi connectivity index (χ1v) is 9.28. The van der Waals surface area contributed by atoms with Crippen molar-refractivity contribution >= 4 is 29.3 Å². The third kappa shape index (κ3) is 6.39. The number of nitrogens with one attached hydrogen (secondary N) is 3. The molecule has 0 radical (unpaired) electrons. The van der Waals surface area contributed by atoms with E-state index in [0.29, 0.717) is 16.1 Å². The largest absolute Gasteiger partial charge is 0.352 e. The van der Waals surface area contributed by atoms with Crippen molar-refractivity contribution < 1.29 is 14.4 Å². The summed E-state index contributed by atoms with van der Waals surface area (Å²) in [5.74, 6) is -1.11. The van der Waals surface area contributed by atoms with Crippen LogP contribution in [-0.4, -0.2) is 24.3 Å². The lowest BCUT2D eigenvalue weighted by molar-refractivity contribution is -0.121. The number of hydrogen-bond acceptors (Lipinski definition) is 3. The Balaban J connectivity index is 1.73. The molecule has 148 valence electrons. The van der Waals surface area contributed by atoms with E-state index in [4.69, 9.17) is 11.6 Å². The first-order valence-electron chi connectivity index (χ1n) is 8.90. The van der Waals surface area contributed by atoms with Crippen molar-refractivity contribution in [3.8, 4) is 0 Å². The molecule has 2 rings (SSSR count).